The van der Waals surface area contributed by atoms with Crippen molar-refractivity contribution < 1.29 is 9.21 Å². The first-order chi connectivity index (χ1) is 14.1. The van der Waals surface area contributed by atoms with Crippen molar-refractivity contribution >= 4 is 40.0 Å². The molecular weight excluding hydrogens is 384 g/mol. The summed E-state index contributed by atoms with van der Waals surface area (Å²) in [5, 5.41) is 5.92. The Kier molecular flexibility index (Phi) is 5.31. The Hall–Kier alpha value is -3.58. The normalized spacial score (nSPS) is 10.7. The summed E-state index contributed by atoms with van der Waals surface area (Å²) in [6.45, 7) is 2.07. The Morgan fingerprint density at radius 2 is 1.97 bits per heavy atom. The van der Waals surface area contributed by atoms with Gasteiger partial charge in [0.25, 0.3) is 5.91 Å². The van der Waals surface area contributed by atoms with Crippen molar-refractivity contribution in [3.8, 4) is 11.5 Å². The monoisotopic (exact) mass is 402 g/mol. The number of oxazole rings is 1. The highest BCUT2D eigenvalue weighted by Gasteiger charge is 2.11. The van der Waals surface area contributed by atoms with Crippen molar-refractivity contribution in [2.24, 2.45) is 0 Å². The van der Waals surface area contributed by atoms with Crippen molar-refractivity contribution in [1.82, 2.24) is 15.3 Å². The van der Waals surface area contributed by atoms with Crippen LogP contribution < -0.4 is 10.6 Å². The van der Waals surface area contributed by atoms with E-state index in [9.17, 15) is 4.79 Å². The molecule has 0 saturated carbocycles. The molecule has 0 aliphatic heterocycles. The second-order valence-corrected chi connectivity index (χ2v) is 6.81. The van der Waals surface area contributed by atoms with E-state index >= 15 is 0 Å². The highest BCUT2D eigenvalue weighted by Crippen LogP contribution is 2.25. The van der Waals surface area contributed by atoms with Crippen LogP contribution in [0.15, 0.2) is 71.4 Å². The summed E-state index contributed by atoms with van der Waals surface area (Å²) in [4.78, 5) is 20.9. The van der Waals surface area contributed by atoms with Crippen molar-refractivity contribution in [2.45, 2.75) is 13.3 Å². The van der Waals surface area contributed by atoms with Crippen molar-refractivity contribution in [1.29, 1.82) is 0 Å². The molecule has 0 unspecified atom stereocenters. The SMILES string of the molecule is CCc1ccc(C(=O)NC(=S)Nc2ccc3oc(-c4cccnc4)nc3c2)cc1. The molecule has 0 aliphatic carbocycles. The molecule has 6 nitrogen and oxygen atoms in total. The van der Waals surface area contributed by atoms with Crippen LogP contribution in [0.2, 0.25) is 0 Å². The van der Waals surface area contributed by atoms with Gasteiger partial charge in [-0.25, -0.2) is 4.98 Å². The van der Waals surface area contributed by atoms with Crippen LogP contribution in [0.25, 0.3) is 22.6 Å². The summed E-state index contributed by atoms with van der Waals surface area (Å²) in [7, 11) is 0. The van der Waals surface area contributed by atoms with E-state index in [1.165, 1.54) is 5.56 Å². The minimum atomic E-state index is -0.258. The number of carbonyl (C=O) groups is 1. The maximum Gasteiger partial charge on any atom is 0.257 e. The van der Waals surface area contributed by atoms with Crippen LogP contribution in [0.4, 0.5) is 5.69 Å². The van der Waals surface area contributed by atoms with Crippen LogP contribution in [-0.4, -0.2) is 21.0 Å². The minimum Gasteiger partial charge on any atom is -0.436 e. The quantitative estimate of drug-likeness (QED) is 0.487. The largest absolute Gasteiger partial charge is 0.436 e. The average Bonchev–Trinajstić information content (AvgIpc) is 3.18. The van der Waals surface area contributed by atoms with Gasteiger partial charge in [0.1, 0.15) is 5.52 Å². The molecule has 4 aromatic rings. The average molecular weight is 402 g/mol. The summed E-state index contributed by atoms with van der Waals surface area (Å²) >= 11 is 5.27. The Bertz CT molecular complexity index is 1170. The number of hydrogen-bond donors (Lipinski definition) is 2. The lowest BCUT2D eigenvalue weighted by Crippen LogP contribution is -2.34. The van der Waals surface area contributed by atoms with Gasteiger partial charge in [-0.2, -0.15) is 0 Å². The lowest BCUT2D eigenvalue weighted by Gasteiger charge is -2.09. The summed E-state index contributed by atoms with van der Waals surface area (Å²) in [6, 6.07) is 16.6. The van der Waals surface area contributed by atoms with E-state index in [1.807, 2.05) is 36.4 Å². The van der Waals surface area contributed by atoms with Crippen molar-refractivity contribution in [3.05, 3.63) is 78.1 Å². The molecule has 0 saturated heterocycles. The molecule has 1 amide bonds. The highest BCUT2D eigenvalue weighted by atomic mass is 32.1. The number of benzene rings is 2. The third kappa shape index (κ3) is 4.30. The molecule has 2 heterocycles. The summed E-state index contributed by atoms with van der Waals surface area (Å²) in [6.07, 6.45) is 4.32. The number of rotatable bonds is 4. The van der Waals surface area contributed by atoms with Gasteiger partial charge in [-0.15, -0.1) is 0 Å². The van der Waals surface area contributed by atoms with Crippen LogP contribution in [0.1, 0.15) is 22.8 Å². The van der Waals surface area contributed by atoms with Crippen molar-refractivity contribution in [3.63, 3.8) is 0 Å². The number of nitrogens with one attached hydrogen (secondary N) is 2. The molecule has 0 radical (unpaired) electrons. The first kappa shape index (κ1) is 18.8. The second-order valence-electron chi connectivity index (χ2n) is 6.40. The van der Waals surface area contributed by atoms with Crippen LogP contribution in [0, 0.1) is 0 Å². The second kappa shape index (κ2) is 8.20. The highest BCUT2D eigenvalue weighted by molar-refractivity contribution is 7.80. The smallest absolute Gasteiger partial charge is 0.257 e. The van der Waals surface area contributed by atoms with E-state index < -0.39 is 0 Å². The third-order valence-corrected chi connectivity index (χ3v) is 4.61. The molecule has 144 valence electrons. The van der Waals surface area contributed by atoms with Gasteiger partial charge in [-0.1, -0.05) is 19.1 Å². The topological polar surface area (TPSA) is 80.0 Å². The maximum atomic E-state index is 12.3. The zero-order valence-electron chi connectivity index (χ0n) is 15.7. The van der Waals surface area contributed by atoms with Crippen LogP contribution in [-0.2, 0) is 6.42 Å². The third-order valence-electron chi connectivity index (χ3n) is 4.41. The number of amides is 1. The van der Waals surface area contributed by atoms with Gasteiger partial charge in [0.05, 0.1) is 5.56 Å². The Morgan fingerprint density at radius 1 is 1.14 bits per heavy atom. The summed E-state index contributed by atoms with van der Waals surface area (Å²) in [5.74, 6) is 0.239. The number of aromatic nitrogens is 2. The van der Waals surface area contributed by atoms with E-state index in [-0.39, 0.29) is 11.0 Å². The summed E-state index contributed by atoms with van der Waals surface area (Å²) in [5.41, 5.74) is 4.57. The van der Waals surface area contributed by atoms with Crippen LogP contribution in [0.3, 0.4) is 0 Å². The maximum absolute atomic E-state index is 12.3. The first-order valence-electron chi connectivity index (χ1n) is 9.14. The molecule has 29 heavy (non-hydrogen) atoms. The molecule has 4 rings (SSSR count). The number of aryl methyl sites for hydroxylation is 1. The number of anilines is 1. The fourth-order valence-electron chi connectivity index (χ4n) is 2.85. The van der Waals surface area contributed by atoms with Gasteiger partial charge in [-0.05, 0) is 66.7 Å². The molecule has 0 aliphatic rings. The molecule has 7 heteroatoms. The van der Waals surface area contributed by atoms with E-state index in [0.717, 1.165) is 12.0 Å². The van der Waals surface area contributed by atoms with Gasteiger partial charge >= 0.3 is 0 Å². The lowest BCUT2D eigenvalue weighted by atomic mass is 10.1. The molecule has 2 N–H and O–H groups in total. The minimum absolute atomic E-state index is 0.213. The molecule has 2 aromatic carbocycles. The zero-order valence-corrected chi connectivity index (χ0v) is 16.5. The Labute approximate surface area is 173 Å². The fourth-order valence-corrected chi connectivity index (χ4v) is 3.06. The number of carbonyl (C=O) groups excluding carboxylic acids is 1. The van der Waals surface area contributed by atoms with E-state index in [4.69, 9.17) is 16.6 Å². The van der Waals surface area contributed by atoms with Gasteiger partial charge in [-0.3, -0.25) is 15.1 Å². The number of thiocarbonyl (C=S) groups is 1. The Morgan fingerprint density at radius 3 is 2.69 bits per heavy atom. The van der Waals surface area contributed by atoms with E-state index in [0.29, 0.717) is 28.2 Å². The van der Waals surface area contributed by atoms with E-state index in [1.54, 1.807) is 30.6 Å². The number of pyridine rings is 1. The van der Waals surface area contributed by atoms with Crippen LogP contribution in [0.5, 0.6) is 0 Å². The van der Waals surface area contributed by atoms with Gasteiger partial charge in [0, 0.05) is 23.6 Å². The first-order valence-corrected chi connectivity index (χ1v) is 9.55. The molecule has 0 spiro atoms. The molecule has 0 bridgehead atoms. The standard InChI is InChI=1S/C22H18N4O2S/c1-2-14-5-7-15(8-6-14)20(27)26-22(29)24-17-9-10-19-18(12-17)25-21(28-19)16-4-3-11-23-13-16/h3-13H,2H2,1H3,(H2,24,26,27,29). The van der Waals surface area contributed by atoms with E-state index in [2.05, 4.69) is 27.5 Å². The molecule has 2 aromatic heterocycles. The molecular formula is C22H18N4O2S. The molecule has 0 fully saturated rings. The number of nitrogens with zero attached hydrogens (tertiary/aromatic N) is 2. The zero-order chi connectivity index (χ0) is 20.2. The van der Waals surface area contributed by atoms with Gasteiger partial charge < -0.3 is 9.73 Å². The van der Waals surface area contributed by atoms with Crippen LogP contribution >= 0.6 is 12.2 Å². The fraction of sp³-hybridized carbons (Fsp3) is 0.0909. The number of fused-ring (bicyclic) bond motifs is 1. The van der Waals surface area contributed by atoms with Gasteiger partial charge in [0.2, 0.25) is 5.89 Å². The predicted molar refractivity (Wildman–Crippen MR) is 117 cm³/mol. The predicted octanol–water partition coefficient (Wildman–Crippen LogP) is 4.58. The number of hydrogen-bond acceptors (Lipinski definition) is 5. The Balaban J connectivity index is 1.45. The van der Waals surface area contributed by atoms with Gasteiger partial charge in [0.15, 0.2) is 10.7 Å². The lowest BCUT2D eigenvalue weighted by molar-refractivity contribution is 0.0977. The molecule has 0 atom stereocenters. The van der Waals surface area contributed by atoms with Crippen molar-refractivity contribution in [2.75, 3.05) is 5.32 Å². The summed E-state index contributed by atoms with van der Waals surface area (Å²) < 4.78 is 5.77.